The van der Waals surface area contributed by atoms with Crippen LogP contribution in [0, 0.1) is 13.8 Å². The number of anilines is 1. The molecule has 2 amide bonds. The number of rotatable bonds is 7. The molecule has 3 aromatic rings. The van der Waals surface area contributed by atoms with E-state index in [4.69, 9.17) is 23.2 Å². The Morgan fingerprint density at radius 1 is 1.00 bits per heavy atom. The van der Waals surface area contributed by atoms with Gasteiger partial charge in [0.15, 0.2) is 9.84 Å². The highest BCUT2D eigenvalue weighted by molar-refractivity contribution is 7.90. The number of aromatic nitrogens is 1. The number of nitrogens with one attached hydrogen (secondary N) is 2. The van der Waals surface area contributed by atoms with Crippen LogP contribution in [-0.4, -0.2) is 67.2 Å². The summed E-state index contributed by atoms with van der Waals surface area (Å²) in [4.78, 5) is 34.3. The number of nitrogens with zero attached hydrogens (tertiary/aromatic N) is 2. The van der Waals surface area contributed by atoms with Crippen LogP contribution >= 0.6 is 23.2 Å². The molecule has 3 aliphatic heterocycles. The van der Waals surface area contributed by atoms with Gasteiger partial charge in [-0.3, -0.25) is 9.59 Å². The van der Waals surface area contributed by atoms with Crippen LogP contribution in [0.15, 0.2) is 41.3 Å². The zero-order valence-electron chi connectivity index (χ0n) is 24.9. The average Bonchev–Trinajstić information content (AvgIpc) is 3.71. The highest BCUT2D eigenvalue weighted by Crippen LogP contribution is 2.37. The van der Waals surface area contributed by atoms with Crippen molar-refractivity contribution in [3.63, 3.8) is 0 Å². The molecule has 11 heteroatoms. The van der Waals surface area contributed by atoms with Crippen molar-refractivity contribution >= 4 is 62.2 Å². The molecule has 6 rings (SSSR count). The van der Waals surface area contributed by atoms with Crippen molar-refractivity contribution in [1.82, 2.24) is 14.8 Å². The lowest BCUT2D eigenvalue weighted by Gasteiger charge is -2.36. The Labute approximate surface area is 268 Å². The molecular formula is C33H36Cl2N4O4S. The highest BCUT2D eigenvalue weighted by Gasteiger charge is 2.30. The van der Waals surface area contributed by atoms with Crippen LogP contribution in [0.2, 0.25) is 10.0 Å². The van der Waals surface area contributed by atoms with Gasteiger partial charge in [-0.15, -0.1) is 0 Å². The van der Waals surface area contributed by atoms with Crippen LogP contribution in [0.1, 0.15) is 59.3 Å². The number of aryl methyl sites for hydroxylation is 1. The maximum atomic E-state index is 13.4. The molecular weight excluding hydrogens is 619 g/mol. The number of halogens is 2. The van der Waals surface area contributed by atoms with Gasteiger partial charge in [-0.1, -0.05) is 29.3 Å². The molecule has 0 aliphatic carbocycles. The van der Waals surface area contributed by atoms with E-state index in [2.05, 4.69) is 15.2 Å². The third kappa shape index (κ3) is 6.07. The summed E-state index contributed by atoms with van der Waals surface area (Å²) in [5, 5.41) is 3.38. The molecule has 0 radical (unpaired) electrons. The summed E-state index contributed by atoms with van der Waals surface area (Å²) < 4.78 is 26.8. The fourth-order valence-electron chi connectivity index (χ4n) is 6.67. The first-order valence-corrected chi connectivity index (χ1v) is 17.5. The Morgan fingerprint density at radius 2 is 1.68 bits per heavy atom. The lowest BCUT2D eigenvalue weighted by atomic mass is 10.0. The monoisotopic (exact) mass is 654 g/mol. The standard InChI is InChI=1S/C33H36Cl2N4O4S/c1-20-24(18-32(40)39-14-10-22(11-15-39)38-12-3-4-13-38)21(2)36-31(20)17-26-25-16-23(8-9-30(25)37-33(26)41)44(42,43)19-27-28(34)6-5-7-29(27)35/h5-9,16-17,22,36H,3-4,10-15,18-19H2,1-2H3,(H,37,41). The largest absolute Gasteiger partial charge is 0.359 e. The van der Waals surface area contributed by atoms with E-state index < -0.39 is 9.84 Å². The first-order chi connectivity index (χ1) is 21.0. The van der Waals surface area contributed by atoms with Gasteiger partial charge in [-0.05, 0) is 100 Å². The average molecular weight is 656 g/mol. The smallest absolute Gasteiger partial charge is 0.256 e. The molecule has 0 spiro atoms. The Hall–Kier alpha value is -3.11. The van der Waals surface area contributed by atoms with Crippen LogP contribution in [0.4, 0.5) is 5.69 Å². The topological polar surface area (TPSA) is 103 Å². The van der Waals surface area contributed by atoms with Gasteiger partial charge in [0, 0.05) is 57.4 Å². The Bertz CT molecular complexity index is 1750. The van der Waals surface area contributed by atoms with Gasteiger partial charge < -0.3 is 20.1 Å². The summed E-state index contributed by atoms with van der Waals surface area (Å²) in [7, 11) is -3.82. The first kappa shape index (κ1) is 30.9. The lowest BCUT2D eigenvalue weighted by molar-refractivity contribution is -0.132. The number of sulfone groups is 1. The minimum atomic E-state index is -3.82. The maximum Gasteiger partial charge on any atom is 0.256 e. The van der Waals surface area contributed by atoms with Gasteiger partial charge >= 0.3 is 0 Å². The number of hydrogen-bond acceptors (Lipinski definition) is 5. The van der Waals surface area contributed by atoms with Crippen molar-refractivity contribution in [2.45, 2.75) is 62.6 Å². The van der Waals surface area contributed by atoms with E-state index in [1.807, 2.05) is 18.7 Å². The Morgan fingerprint density at radius 3 is 2.36 bits per heavy atom. The summed E-state index contributed by atoms with van der Waals surface area (Å²) in [6, 6.07) is 10.0. The van der Waals surface area contributed by atoms with Crippen LogP contribution in [0.25, 0.3) is 11.6 Å². The number of carbonyl (C=O) groups is 2. The van der Waals surface area contributed by atoms with Crippen molar-refractivity contribution in [3.8, 4) is 0 Å². The summed E-state index contributed by atoms with van der Waals surface area (Å²) in [6.07, 6.45) is 6.62. The predicted molar refractivity (Wildman–Crippen MR) is 175 cm³/mol. The SMILES string of the molecule is Cc1[nH]c(C=C2C(=O)Nc3ccc(S(=O)(=O)Cc4c(Cl)cccc4Cl)cc32)c(C)c1CC(=O)N1CCC(N2CCCC2)CC1. The number of aromatic amines is 1. The van der Waals surface area contributed by atoms with Gasteiger partial charge in [-0.25, -0.2) is 8.42 Å². The molecule has 3 aliphatic rings. The first-order valence-electron chi connectivity index (χ1n) is 15.0. The third-order valence-electron chi connectivity index (χ3n) is 9.25. The van der Waals surface area contributed by atoms with Crippen molar-refractivity contribution in [3.05, 3.63) is 80.1 Å². The number of H-pyrrole nitrogens is 1. The van der Waals surface area contributed by atoms with Crippen molar-refractivity contribution in [2.75, 3.05) is 31.5 Å². The fourth-order valence-corrected chi connectivity index (χ4v) is 8.79. The van der Waals surface area contributed by atoms with Crippen molar-refractivity contribution < 1.29 is 18.0 Å². The van der Waals surface area contributed by atoms with E-state index in [9.17, 15) is 18.0 Å². The van der Waals surface area contributed by atoms with E-state index >= 15 is 0 Å². The minimum Gasteiger partial charge on any atom is -0.359 e. The fraction of sp³-hybridized carbons (Fsp3) is 0.394. The summed E-state index contributed by atoms with van der Waals surface area (Å²) in [6.45, 7) is 7.80. The number of hydrogen-bond donors (Lipinski definition) is 2. The van der Waals surface area contributed by atoms with Crippen molar-refractivity contribution in [2.24, 2.45) is 0 Å². The number of benzene rings is 2. The van der Waals surface area contributed by atoms with E-state index in [-0.39, 0.29) is 32.5 Å². The normalized spacial score (nSPS) is 18.7. The minimum absolute atomic E-state index is 0.0637. The van der Waals surface area contributed by atoms with E-state index in [1.165, 1.54) is 38.1 Å². The van der Waals surface area contributed by atoms with Gasteiger partial charge in [0.1, 0.15) is 0 Å². The molecule has 0 atom stereocenters. The second-order valence-electron chi connectivity index (χ2n) is 12.0. The second kappa shape index (κ2) is 12.4. The number of amides is 2. The van der Waals surface area contributed by atoms with Gasteiger partial charge in [-0.2, -0.15) is 0 Å². The van der Waals surface area contributed by atoms with Gasteiger partial charge in [0.2, 0.25) is 5.91 Å². The predicted octanol–water partition coefficient (Wildman–Crippen LogP) is 6.03. The molecule has 2 aromatic carbocycles. The maximum absolute atomic E-state index is 13.4. The third-order valence-corrected chi connectivity index (χ3v) is 11.6. The molecule has 0 unspecified atom stereocenters. The molecule has 44 heavy (non-hydrogen) atoms. The second-order valence-corrected chi connectivity index (χ2v) is 14.8. The number of piperidine rings is 1. The molecule has 8 nitrogen and oxygen atoms in total. The van der Waals surface area contributed by atoms with E-state index in [0.717, 1.165) is 42.8 Å². The highest BCUT2D eigenvalue weighted by atomic mass is 35.5. The van der Waals surface area contributed by atoms with Crippen LogP contribution in [0.3, 0.4) is 0 Å². The zero-order chi connectivity index (χ0) is 31.2. The Kier molecular flexibility index (Phi) is 8.67. The number of fused-ring (bicyclic) bond motifs is 1. The molecule has 1 aromatic heterocycles. The number of likely N-dealkylation sites (tertiary alicyclic amines) is 2. The molecule has 0 saturated carbocycles. The summed E-state index contributed by atoms with van der Waals surface area (Å²) in [5.41, 5.74) is 5.11. The van der Waals surface area contributed by atoms with Crippen LogP contribution < -0.4 is 5.32 Å². The summed E-state index contributed by atoms with van der Waals surface area (Å²) >= 11 is 12.5. The zero-order valence-corrected chi connectivity index (χ0v) is 27.2. The lowest BCUT2D eigenvalue weighted by Crippen LogP contribution is -2.46. The van der Waals surface area contributed by atoms with Crippen LogP contribution in [-0.2, 0) is 31.6 Å². The summed E-state index contributed by atoms with van der Waals surface area (Å²) in [5.74, 6) is -0.576. The van der Waals surface area contributed by atoms with E-state index in [0.29, 0.717) is 40.5 Å². The molecule has 2 N–H and O–H groups in total. The molecule has 2 fully saturated rings. The van der Waals surface area contributed by atoms with E-state index in [1.54, 1.807) is 30.3 Å². The van der Waals surface area contributed by atoms with Crippen molar-refractivity contribution in [1.29, 1.82) is 0 Å². The number of carbonyl (C=O) groups excluding carboxylic acids is 2. The quantitative estimate of drug-likeness (QED) is 0.303. The molecule has 2 saturated heterocycles. The molecule has 0 bridgehead atoms. The van der Waals surface area contributed by atoms with Gasteiger partial charge in [0.25, 0.3) is 5.91 Å². The van der Waals surface area contributed by atoms with Crippen LogP contribution in [0.5, 0.6) is 0 Å². The van der Waals surface area contributed by atoms with Gasteiger partial charge in [0.05, 0.1) is 22.6 Å². The Balaban J connectivity index is 1.21. The molecule has 4 heterocycles. The molecule has 232 valence electrons.